The topological polar surface area (TPSA) is 62.6 Å². The van der Waals surface area contributed by atoms with Crippen LogP contribution in [0.1, 0.15) is 32.7 Å². The van der Waals surface area contributed by atoms with Gasteiger partial charge in [0.25, 0.3) is 0 Å². The highest BCUT2D eigenvalue weighted by atomic mass is 16.5. The monoisotopic (exact) mass is 335 g/mol. The molecule has 1 N–H and O–H groups in total. The zero-order valence-corrected chi connectivity index (χ0v) is 14.8. The second-order valence-electron chi connectivity index (χ2n) is 6.96. The predicted molar refractivity (Wildman–Crippen MR) is 93.1 cm³/mol. The molecular formula is C17H29N5O2. The molecule has 7 nitrogen and oxygen atoms in total. The maximum absolute atomic E-state index is 12.3. The number of piperidine rings is 1. The molecule has 0 bridgehead atoms. The van der Waals surface area contributed by atoms with E-state index < -0.39 is 0 Å². The average molecular weight is 335 g/mol. The van der Waals surface area contributed by atoms with Crippen molar-refractivity contribution in [1.82, 2.24) is 19.6 Å². The molecule has 0 radical (unpaired) electrons. The Kier molecular flexibility index (Phi) is 5.86. The van der Waals surface area contributed by atoms with Crippen molar-refractivity contribution < 1.29 is 9.53 Å². The Bertz CT molecular complexity index is 531. The molecule has 0 unspecified atom stereocenters. The van der Waals surface area contributed by atoms with Crippen LogP contribution >= 0.6 is 0 Å². The SMILES string of the molecule is CC(C)n1nccc1NC(=O)CN1CCC(N2CCOCC2)CC1. The molecule has 2 saturated heterocycles. The van der Waals surface area contributed by atoms with E-state index in [2.05, 4.69) is 34.1 Å². The van der Waals surface area contributed by atoms with E-state index in [1.165, 1.54) is 0 Å². The number of aromatic nitrogens is 2. The quantitative estimate of drug-likeness (QED) is 0.876. The predicted octanol–water partition coefficient (Wildman–Crippen LogP) is 1.20. The van der Waals surface area contributed by atoms with E-state index in [0.717, 1.165) is 58.1 Å². The molecular weight excluding hydrogens is 306 g/mol. The molecule has 3 heterocycles. The molecule has 0 aromatic carbocycles. The minimum Gasteiger partial charge on any atom is -0.379 e. The molecule has 2 fully saturated rings. The number of likely N-dealkylation sites (tertiary alicyclic amines) is 1. The summed E-state index contributed by atoms with van der Waals surface area (Å²) in [6.07, 6.45) is 4.00. The van der Waals surface area contributed by atoms with Crippen LogP contribution in [-0.2, 0) is 9.53 Å². The van der Waals surface area contributed by atoms with Crippen molar-refractivity contribution in [3.63, 3.8) is 0 Å². The summed E-state index contributed by atoms with van der Waals surface area (Å²) in [5, 5.41) is 7.24. The number of morpholine rings is 1. The molecule has 2 aliphatic heterocycles. The van der Waals surface area contributed by atoms with Gasteiger partial charge in [-0.3, -0.25) is 14.6 Å². The summed E-state index contributed by atoms with van der Waals surface area (Å²) in [7, 11) is 0. The zero-order valence-electron chi connectivity index (χ0n) is 14.8. The first kappa shape index (κ1) is 17.4. The van der Waals surface area contributed by atoms with Gasteiger partial charge in [0.1, 0.15) is 5.82 Å². The van der Waals surface area contributed by atoms with Crippen molar-refractivity contribution >= 4 is 11.7 Å². The van der Waals surface area contributed by atoms with Gasteiger partial charge in [0.2, 0.25) is 5.91 Å². The molecule has 0 spiro atoms. The number of hydrogen-bond acceptors (Lipinski definition) is 5. The third-order valence-electron chi connectivity index (χ3n) is 4.91. The van der Waals surface area contributed by atoms with E-state index >= 15 is 0 Å². The Morgan fingerprint density at radius 2 is 2.00 bits per heavy atom. The van der Waals surface area contributed by atoms with E-state index in [4.69, 9.17) is 4.74 Å². The lowest BCUT2D eigenvalue weighted by Crippen LogP contribution is -2.50. The summed E-state index contributed by atoms with van der Waals surface area (Å²) in [5.74, 6) is 0.820. The molecule has 3 rings (SSSR count). The summed E-state index contributed by atoms with van der Waals surface area (Å²) in [6.45, 7) is 10.3. The van der Waals surface area contributed by atoms with Crippen LogP contribution < -0.4 is 5.32 Å². The van der Waals surface area contributed by atoms with Gasteiger partial charge in [0.05, 0.1) is 26.0 Å². The molecule has 0 atom stereocenters. The lowest BCUT2D eigenvalue weighted by Gasteiger charge is -2.39. The van der Waals surface area contributed by atoms with Crippen LogP contribution in [0.5, 0.6) is 0 Å². The second kappa shape index (κ2) is 8.09. The first-order valence-electron chi connectivity index (χ1n) is 9.01. The lowest BCUT2D eigenvalue weighted by molar-refractivity contribution is -0.117. The van der Waals surface area contributed by atoms with Crippen molar-refractivity contribution in [3.05, 3.63) is 12.3 Å². The fourth-order valence-electron chi connectivity index (χ4n) is 3.60. The third-order valence-corrected chi connectivity index (χ3v) is 4.91. The molecule has 1 aromatic rings. The van der Waals surface area contributed by atoms with Crippen LogP contribution in [0.4, 0.5) is 5.82 Å². The highest BCUT2D eigenvalue weighted by Crippen LogP contribution is 2.18. The van der Waals surface area contributed by atoms with Crippen LogP contribution in [0.3, 0.4) is 0 Å². The minimum atomic E-state index is 0.0437. The minimum absolute atomic E-state index is 0.0437. The third kappa shape index (κ3) is 4.34. The molecule has 24 heavy (non-hydrogen) atoms. The Hall–Kier alpha value is -1.44. The normalized spacial score (nSPS) is 21.3. The highest BCUT2D eigenvalue weighted by molar-refractivity contribution is 5.91. The van der Waals surface area contributed by atoms with E-state index in [1.54, 1.807) is 6.20 Å². The maximum atomic E-state index is 12.3. The van der Waals surface area contributed by atoms with Crippen molar-refractivity contribution in [1.29, 1.82) is 0 Å². The van der Waals surface area contributed by atoms with Crippen molar-refractivity contribution in [2.24, 2.45) is 0 Å². The molecule has 0 saturated carbocycles. The van der Waals surface area contributed by atoms with Gasteiger partial charge in [0.15, 0.2) is 0 Å². The van der Waals surface area contributed by atoms with Gasteiger partial charge in [0, 0.05) is 44.3 Å². The number of carbonyl (C=O) groups excluding carboxylic acids is 1. The van der Waals surface area contributed by atoms with E-state index in [1.807, 2.05) is 10.7 Å². The van der Waals surface area contributed by atoms with Crippen LogP contribution in [0.2, 0.25) is 0 Å². The number of amides is 1. The molecule has 7 heteroatoms. The Morgan fingerprint density at radius 3 is 2.67 bits per heavy atom. The maximum Gasteiger partial charge on any atom is 0.239 e. The van der Waals surface area contributed by atoms with E-state index in [-0.39, 0.29) is 11.9 Å². The Labute approximate surface area is 143 Å². The highest BCUT2D eigenvalue weighted by Gasteiger charge is 2.26. The van der Waals surface area contributed by atoms with Gasteiger partial charge in [-0.1, -0.05) is 0 Å². The molecule has 1 amide bonds. The number of nitrogens with zero attached hydrogens (tertiary/aromatic N) is 4. The Morgan fingerprint density at radius 1 is 1.29 bits per heavy atom. The van der Waals surface area contributed by atoms with Gasteiger partial charge in [-0.15, -0.1) is 0 Å². The fraction of sp³-hybridized carbons (Fsp3) is 0.765. The fourth-order valence-corrected chi connectivity index (χ4v) is 3.60. The summed E-state index contributed by atoms with van der Waals surface area (Å²) in [5.41, 5.74) is 0. The number of carbonyl (C=O) groups is 1. The van der Waals surface area contributed by atoms with Gasteiger partial charge in [-0.05, 0) is 26.7 Å². The number of nitrogens with one attached hydrogen (secondary N) is 1. The van der Waals surface area contributed by atoms with Gasteiger partial charge < -0.3 is 10.1 Å². The van der Waals surface area contributed by atoms with Gasteiger partial charge >= 0.3 is 0 Å². The smallest absolute Gasteiger partial charge is 0.239 e. The number of ether oxygens (including phenoxy) is 1. The summed E-state index contributed by atoms with van der Waals surface area (Å²) in [4.78, 5) is 17.1. The first-order valence-corrected chi connectivity index (χ1v) is 9.01. The second-order valence-corrected chi connectivity index (χ2v) is 6.96. The number of rotatable bonds is 5. The Balaban J connectivity index is 1.44. The van der Waals surface area contributed by atoms with Crippen LogP contribution in [0.15, 0.2) is 12.3 Å². The van der Waals surface area contributed by atoms with Crippen LogP contribution in [-0.4, -0.2) is 77.5 Å². The summed E-state index contributed by atoms with van der Waals surface area (Å²) in [6, 6.07) is 2.73. The van der Waals surface area contributed by atoms with Gasteiger partial charge in [-0.25, -0.2) is 4.68 Å². The molecule has 134 valence electrons. The van der Waals surface area contributed by atoms with Crippen molar-refractivity contribution in [2.45, 2.75) is 38.8 Å². The zero-order chi connectivity index (χ0) is 16.9. The van der Waals surface area contributed by atoms with E-state index in [0.29, 0.717) is 12.6 Å². The molecule has 2 aliphatic rings. The van der Waals surface area contributed by atoms with Gasteiger partial charge in [-0.2, -0.15) is 5.10 Å². The van der Waals surface area contributed by atoms with Crippen molar-refractivity contribution in [3.8, 4) is 0 Å². The summed E-state index contributed by atoms with van der Waals surface area (Å²) < 4.78 is 7.26. The number of anilines is 1. The standard InChI is InChI=1S/C17H29N5O2/c1-14(2)22-16(3-6-18-22)19-17(23)13-20-7-4-15(5-8-20)21-9-11-24-12-10-21/h3,6,14-15H,4-5,7-13H2,1-2H3,(H,19,23). The largest absolute Gasteiger partial charge is 0.379 e. The molecule has 0 aliphatic carbocycles. The summed E-state index contributed by atoms with van der Waals surface area (Å²) >= 11 is 0. The van der Waals surface area contributed by atoms with Crippen LogP contribution in [0, 0.1) is 0 Å². The average Bonchev–Trinajstić information content (AvgIpc) is 3.04. The first-order chi connectivity index (χ1) is 11.6. The van der Waals surface area contributed by atoms with Crippen molar-refractivity contribution in [2.75, 3.05) is 51.3 Å². The van der Waals surface area contributed by atoms with Crippen LogP contribution in [0.25, 0.3) is 0 Å². The van der Waals surface area contributed by atoms with E-state index in [9.17, 15) is 4.79 Å². The number of hydrogen-bond donors (Lipinski definition) is 1. The molecule has 1 aromatic heterocycles. The lowest BCUT2D eigenvalue weighted by atomic mass is 10.0.